The Labute approximate surface area is 104 Å². The van der Waals surface area contributed by atoms with Crippen LogP contribution >= 0.6 is 0 Å². The Morgan fingerprint density at radius 1 is 1.44 bits per heavy atom. The quantitative estimate of drug-likeness (QED) is 0.786. The first-order valence-electron chi connectivity index (χ1n) is 5.68. The van der Waals surface area contributed by atoms with Crippen molar-refractivity contribution < 1.29 is 19.1 Å². The number of hydrogen-bond acceptors (Lipinski definition) is 4. The summed E-state index contributed by atoms with van der Waals surface area (Å²) in [5.41, 5.74) is 4.71. The lowest BCUT2D eigenvalue weighted by atomic mass is 9.90. The third kappa shape index (κ3) is 2.11. The fourth-order valence-electron chi connectivity index (χ4n) is 2.01. The third-order valence-corrected chi connectivity index (χ3v) is 3.24. The smallest absolute Gasteiger partial charge is 0.289 e. The van der Waals surface area contributed by atoms with Gasteiger partial charge in [-0.05, 0) is 12.1 Å². The number of likely N-dealkylation sites (tertiary alicyclic amines) is 1. The summed E-state index contributed by atoms with van der Waals surface area (Å²) in [7, 11) is 0. The second kappa shape index (κ2) is 4.13. The topological polar surface area (TPSA) is 96.8 Å². The van der Waals surface area contributed by atoms with Gasteiger partial charge in [0, 0.05) is 18.5 Å². The van der Waals surface area contributed by atoms with Crippen LogP contribution in [0.4, 0.5) is 0 Å². The summed E-state index contributed by atoms with van der Waals surface area (Å²) in [5.74, 6) is -1.03. The molecule has 0 saturated carbocycles. The molecule has 0 bridgehead atoms. The summed E-state index contributed by atoms with van der Waals surface area (Å²) in [6, 6.07) is 2.79. The number of primary amides is 1. The predicted molar refractivity (Wildman–Crippen MR) is 62.9 cm³/mol. The molecule has 2 heterocycles. The second-order valence-electron chi connectivity index (χ2n) is 5.22. The van der Waals surface area contributed by atoms with Crippen LogP contribution in [0.2, 0.25) is 0 Å². The van der Waals surface area contributed by atoms with Gasteiger partial charge in [0.1, 0.15) is 0 Å². The molecule has 98 valence electrons. The number of carbonyl (C=O) groups excluding carboxylic acids is 2. The zero-order valence-electron chi connectivity index (χ0n) is 10.3. The molecule has 6 heteroatoms. The van der Waals surface area contributed by atoms with Gasteiger partial charge in [0.15, 0.2) is 11.5 Å². The molecule has 1 aliphatic rings. The monoisotopic (exact) mass is 252 g/mol. The molecule has 6 nitrogen and oxygen atoms in total. The molecular formula is C12H16N2O4. The highest BCUT2D eigenvalue weighted by molar-refractivity contribution is 5.95. The van der Waals surface area contributed by atoms with Crippen LogP contribution in [0.15, 0.2) is 16.5 Å². The number of carbonyl (C=O) groups is 2. The van der Waals surface area contributed by atoms with E-state index in [0.717, 1.165) is 0 Å². The molecule has 1 aromatic rings. The van der Waals surface area contributed by atoms with Crippen LogP contribution in [-0.2, 0) is 0 Å². The third-order valence-electron chi connectivity index (χ3n) is 3.24. The van der Waals surface area contributed by atoms with Gasteiger partial charge in [0.2, 0.25) is 0 Å². The molecule has 1 saturated heterocycles. The van der Waals surface area contributed by atoms with Gasteiger partial charge in [-0.25, -0.2) is 0 Å². The van der Waals surface area contributed by atoms with E-state index in [4.69, 9.17) is 10.2 Å². The molecule has 0 radical (unpaired) electrons. The van der Waals surface area contributed by atoms with Crippen molar-refractivity contribution >= 4 is 11.8 Å². The zero-order valence-corrected chi connectivity index (χ0v) is 10.3. The summed E-state index contributed by atoms with van der Waals surface area (Å²) in [6.45, 7) is 4.49. The zero-order chi connectivity index (χ0) is 13.5. The lowest BCUT2D eigenvalue weighted by Crippen LogP contribution is -2.29. The molecule has 0 spiro atoms. The van der Waals surface area contributed by atoms with Gasteiger partial charge >= 0.3 is 0 Å². The Hall–Kier alpha value is -1.82. The van der Waals surface area contributed by atoms with Gasteiger partial charge in [-0.3, -0.25) is 9.59 Å². The lowest BCUT2D eigenvalue weighted by molar-refractivity contribution is 0.0729. The van der Waals surface area contributed by atoms with E-state index in [1.807, 2.05) is 13.8 Å². The van der Waals surface area contributed by atoms with E-state index in [1.54, 1.807) is 0 Å². The van der Waals surface area contributed by atoms with Crippen LogP contribution in [0.5, 0.6) is 0 Å². The van der Waals surface area contributed by atoms with Crippen LogP contribution in [0, 0.1) is 5.41 Å². The first kappa shape index (κ1) is 12.6. The van der Waals surface area contributed by atoms with E-state index in [9.17, 15) is 14.7 Å². The van der Waals surface area contributed by atoms with Crippen LogP contribution in [0.3, 0.4) is 0 Å². The summed E-state index contributed by atoms with van der Waals surface area (Å²) < 4.78 is 5.08. The number of β-amino-alcohol motifs (C(OH)–C–C–N with tert-alkyl or cyclic N) is 1. The number of nitrogens with two attached hydrogens (primary N) is 1. The van der Waals surface area contributed by atoms with E-state index in [0.29, 0.717) is 6.54 Å². The normalized spacial score (nSPS) is 22.2. The van der Waals surface area contributed by atoms with Crippen LogP contribution in [0.25, 0.3) is 0 Å². The molecule has 0 aromatic carbocycles. The minimum absolute atomic E-state index is 0.0441. The number of aliphatic hydroxyl groups is 1. The highest BCUT2D eigenvalue weighted by Crippen LogP contribution is 2.30. The summed E-state index contributed by atoms with van der Waals surface area (Å²) in [5, 5.41) is 9.82. The molecule has 3 N–H and O–H groups in total. The molecule has 1 unspecified atom stereocenters. The Kier molecular flexibility index (Phi) is 2.90. The SMILES string of the molecule is CC1(C)CN(C(=O)c2ccc(C(N)=O)o2)CC1O. The van der Waals surface area contributed by atoms with Gasteiger partial charge in [0.05, 0.1) is 6.10 Å². The molecule has 2 rings (SSSR count). The second-order valence-corrected chi connectivity index (χ2v) is 5.22. The van der Waals surface area contributed by atoms with Gasteiger partial charge in [-0.2, -0.15) is 0 Å². The summed E-state index contributed by atoms with van der Waals surface area (Å²) in [6.07, 6.45) is -0.563. The fourth-order valence-corrected chi connectivity index (χ4v) is 2.01. The van der Waals surface area contributed by atoms with E-state index >= 15 is 0 Å². The summed E-state index contributed by atoms with van der Waals surface area (Å²) in [4.78, 5) is 24.5. The van der Waals surface area contributed by atoms with Crippen molar-refractivity contribution in [2.75, 3.05) is 13.1 Å². The number of nitrogens with zero attached hydrogens (tertiary/aromatic N) is 1. The van der Waals surface area contributed by atoms with Crippen molar-refractivity contribution in [1.82, 2.24) is 4.90 Å². The van der Waals surface area contributed by atoms with Gasteiger partial charge < -0.3 is 20.2 Å². The average molecular weight is 252 g/mol. The molecule has 18 heavy (non-hydrogen) atoms. The molecule has 1 aliphatic heterocycles. The first-order valence-corrected chi connectivity index (χ1v) is 5.68. The van der Waals surface area contributed by atoms with Crippen molar-refractivity contribution in [3.63, 3.8) is 0 Å². The number of aliphatic hydroxyl groups excluding tert-OH is 1. The standard InChI is InChI=1S/C12H16N2O4/c1-12(2)6-14(5-9(12)15)11(17)8-4-3-7(18-8)10(13)16/h3-4,9,15H,5-6H2,1-2H3,(H2,13,16). The van der Waals surface area contributed by atoms with Gasteiger partial charge in [-0.15, -0.1) is 0 Å². The predicted octanol–water partition coefficient (Wildman–Crippen LogP) is 0.221. The van der Waals surface area contributed by atoms with E-state index in [-0.39, 0.29) is 29.4 Å². The molecule has 1 fully saturated rings. The lowest BCUT2D eigenvalue weighted by Gasteiger charge is -2.20. The largest absolute Gasteiger partial charge is 0.446 e. The number of furan rings is 1. The Morgan fingerprint density at radius 2 is 2.06 bits per heavy atom. The molecule has 2 amide bonds. The maximum atomic E-state index is 12.1. The van der Waals surface area contributed by atoms with E-state index < -0.39 is 12.0 Å². The van der Waals surface area contributed by atoms with Gasteiger partial charge in [-0.1, -0.05) is 13.8 Å². The minimum Gasteiger partial charge on any atom is -0.446 e. The molecule has 1 atom stereocenters. The Morgan fingerprint density at radius 3 is 2.50 bits per heavy atom. The first-order chi connectivity index (χ1) is 8.31. The van der Waals surface area contributed by atoms with Crippen LogP contribution in [0.1, 0.15) is 35.0 Å². The molecule has 0 aliphatic carbocycles. The maximum absolute atomic E-state index is 12.1. The average Bonchev–Trinajstić information content (AvgIpc) is 2.84. The highest BCUT2D eigenvalue weighted by atomic mass is 16.4. The van der Waals surface area contributed by atoms with Crippen molar-refractivity contribution in [3.8, 4) is 0 Å². The van der Waals surface area contributed by atoms with Crippen molar-refractivity contribution in [2.45, 2.75) is 20.0 Å². The number of amides is 2. The van der Waals surface area contributed by atoms with E-state index in [2.05, 4.69) is 0 Å². The molecule has 1 aromatic heterocycles. The maximum Gasteiger partial charge on any atom is 0.289 e. The minimum atomic E-state index is -0.712. The van der Waals surface area contributed by atoms with Crippen molar-refractivity contribution in [2.24, 2.45) is 11.1 Å². The van der Waals surface area contributed by atoms with Gasteiger partial charge in [0.25, 0.3) is 11.8 Å². The number of rotatable bonds is 2. The van der Waals surface area contributed by atoms with Crippen LogP contribution < -0.4 is 5.73 Å². The highest BCUT2D eigenvalue weighted by Gasteiger charge is 2.41. The van der Waals surface area contributed by atoms with Crippen molar-refractivity contribution in [1.29, 1.82) is 0 Å². The van der Waals surface area contributed by atoms with E-state index in [1.165, 1.54) is 17.0 Å². The van der Waals surface area contributed by atoms with Crippen molar-refractivity contribution in [3.05, 3.63) is 23.7 Å². The summed E-state index contributed by atoms with van der Waals surface area (Å²) >= 11 is 0. The van der Waals surface area contributed by atoms with Crippen LogP contribution in [-0.4, -0.2) is 41.0 Å². The number of hydrogen-bond donors (Lipinski definition) is 2. The Balaban J connectivity index is 2.15. The Bertz CT molecular complexity index is 492. The fraction of sp³-hybridized carbons (Fsp3) is 0.500. The molecular weight excluding hydrogens is 236 g/mol.